The number of allylic oxidation sites excluding steroid dienone is 2. The van der Waals surface area contributed by atoms with Crippen LogP contribution in [0.1, 0.15) is 44.6 Å². The van der Waals surface area contributed by atoms with E-state index in [2.05, 4.69) is 24.0 Å². The second kappa shape index (κ2) is 6.87. The van der Waals surface area contributed by atoms with Gasteiger partial charge in [0.2, 0.25) is 0 Å². The smallest absolute Gasteiger partial charge is 0.0406 e. The van der Waals surface area contributed by atoms with Gasteiger partial charge in [0.05, 0.1) is 0 Å². The van der Waals surface area contributed by atoms with E-state index in [4.69, 9.17) is 11.6 Å². The van der Waals surface area contributed by atoms with Crippen molar-refractivity contribution >= 4 is 29.6 Å². The summed E-state index contributed by atoms with van der Waals surface area (Å²) in [6, 6.07) is 8.45. The highest BCUT2D eigenvalue weighted by atomic mass is 35.5. The summed E-state index contributed by atoms with van der Waals surface area (Å²) in [6.45, 7) is 4.81. The zero-order chi connectivity index (χ0) is 13.2. The molecule has 0 spiro atoms. The third-order valence-electron chi connectivity index (χ3n) is 4.52. The number of hydrogen-bond acceptors (Lipinski definition) is 1. The molecule has 0 N–H and O–H groups in total. The quantitative estimate of drug-likeness (QED) is 0.720. The van der Waals surface area contributed by atoms with Gasteiger partial charge in [0.25, 0.3) is 0 Å². The molecule has 1 nitrogen and oxygen atoms in total. The third-order valence-corrected chi connectivity index (χ3v) is 4.77. The van der Waals surface area contributed by atoms with Crippen molar-refractivity contribution in [2.45, 2.75) is 39.0 Å². The lowest BCUT2D eigenvalue weighted by Crippen LogP contribution is -2.39. The van der Waals surface area contributed by atoms with Crippen LogP contribution < -0.4 is 0 Å². The molecular weight excluding hydrogens is 289 g/mol. The molecular formula is C17H23Cl2N. The van der Waals surface area contributed by atoms with Crippen molar-refractivity contribution in [2.24, 2.45) is 5.92 Å². The fourth-order valence-electron chi connectivity index (χ4n) is 3.51. The summed E-state index contributed by atoms with van der Waals surface area (Å²) in [5.74, 6) is 0.776. The highest BCUT2D eigenvalue weighted by molar-refractivity contribution is 6.30. The van der Waals surface area contributed by atoms with E-state index in [0.29, 0.717) is 0 Å². The van der Waals surface area contributed by atoms with E-state index in [1.165, 1.54) is 50.8 Å². The number of benzene rings is 1. The Hall–Kier alpha value is -0.660. The molecule has 110 valence electrons. The van der Waals surface area contributed by atoms with Crippen LogP contribution >= 0.6 is 24.0 Å². The van der Waals surface area contributed by atoms with Gasteiger partial charge in [0, 0.05) is 23.8 Å². The molecule has 1 fully saturated rings. The van der Waals surface area contributed by atoms with E-state index in [1.807, 2.05) is 12.1 Å². The Balaban J connectivity index is 0.00000147. The second-order valence-electron chi connectivity index (χ2n) is 5.73. The van der Waals surface area contributed by atoms with Gasteiger partial charge in [-0.2, -0.15) is 0 Å². The number of fused-ring (bicyclic) bond motifs is 2. The maximum Gasteiger partial charge on any atom is 0.0406 e. The third kappa shape index (κ3) is 2.99. The first-order valence-electron chi connectivity index (χ1n) is 7.53. The molecule has 0 radical (unpaired) electrons. The van der Waals surface area contributed by atoms with E-state index in [0.717, 1.165) is 10.9 Å². The first-order valence-corrected chi connectivity index (χ1v) is 7.91. The first-order chi connectivity index (χ1) is 9.29. The minimum Gasteiger partial charge on any atom is -0.375 e. The van der Waals surface area contributed by atoms with Crippen LogP contribution in [0.5, 0.6) is 0 Å². The largest absolute Gasteiger partial charge is 0.375 e. The van der Waals surface area contributed by atoms with Crippen LogP contribution in [0.2, 0.25) is 5.02 Å². The molecule has 1 saturated heterocycles. The zero-order valence-corrected chi connectivity index (χ0v) is 13.6. The summed E-state index contributed by atoms with van der Waals surface area (Å²) in [4.78, 5) is 2.62. The van der Waals surface area contributed by atoms with Gasteiger partial charge in [-0.3, -0.25) is 0 Å². The fourth-order valence-corrected chi connectivity index (χ4v) is 3.64. The number of unbranched alkanes of at least 4 members (excludes halogenated alkanes) is 1. The molecule has 0 unspecified atom stereocenters. The van der Waals surface area contributed by atoms with Crippen molar-refractivity contribution in [1.29, 1.82) is 0 Å². The number of nitrogens with zero attached hydrogens (tertiary/aromatic N) is 1. The second-order valence-corrected chi connectivity index (χ2v) is 6.17. The zero-order valence-electron chi connectivity index (χ0n) is 12.1. The number of halogens is 2. The Labute approximate surface area is 133 Å². The standard InChI is InChI=1S/C17H22ClN.ClH/c1-2-3-4-16-17(13-5-7-15(18)8-6-13)14-9-11-19(16)12-10-14;/h5-8,14H,2-4,9-12H2,1H3;1H. The van der Waals surface area contributed by atoms with Gasteiger partial charge in [-0.25, -0.2) is 0 Å². The first kappa shape index (κ1) is 15.7. The van der Waals surface area contributed by atoms with E-state index in [1.54, 1.807) is 11.3 Å². The van der Waals surface area contributed by atoms with E-state index >= 15 is 0 Å². The SMILES string of the molecule is CCCCC1=C(c2ccc(Cl)cc2)C2CCN1CC2.Cl. The van der Waals surface area contributed by atoms with Crippen LogP contribution in [0, 0.1) is 5.92 Å². The average molecular weight is 312 g/mol. The molecule has 3 heteroatoms. The lowest BCUT2D eigenvalue weighted by atomic mass is 9.78. The number of rotatable bonds is 4. The highest BCUT2D eigenvalue weighted by Crippen LogP contribution is 2.43. The van der Waals surface area contributed by atoms with Crippen molar-refractivity contribution in [3.63, 3.8) is 0 Å². The van der Waals surface area contributed by atoms with Gasteiger partial charge in [-0.15, -0.1) is 12.4 Å². The van der Waals surface area contributed by atoms with Crippen LogP contribution in [0.25, 0.3) is 5.57 Å². The molecule has 1 aromatic rings. The molecule has 3 aliphatic heterocycles. The maximum absolute atomic E-state index is 6.02. The minimum atomic E-state index is 0. The van der Waals surface area contributed by atoms with Gasteiger partial charge in [0.1, 0.15) is 0 Å². The Kier molecular flexibility index (Phi) is 5.40. The molecule has 0 aliphatic carbocycles. The van der Waals surface area contributed by atoms with Crippen molar-refractivity contribution in [3.8, 4) is 0 Å². The predicted octanol–water partition coefficient (Wildman–Crippen LogP) is 5.39. The van der Waals surface area contributed by atoms with Crippen LogP contribution in [-0.2, 0) is 0 Å². The summed E-state index contributed by atoms with van der Waals surface area (Å²) in [7, 11) is 0. The Morgan fingerprint density at radius 3 is 2.40 bits per heavy atom. The number of hydrogen-bond donors (Lipinski definition) is 0. The molecule has 0 saturated carbocycles. The Morgan fingerprint density at radius 1 is 1.15 bits per heavy atom. The van der Waals surface area contributed by atoms with Crippen molar-refractivity contribution in [1.82, 2.24) is 4.90 Å². The molecule has 3 heterocycles. The molecule has 0 atom stereocenters. The van der Waals surface area contributed by atoms with Crippen LogP contribution in [0.4, 0.5) is 0 Å². The molecule has 0 aromatic heterocycles. The van der Waals surface area contributed by atoms with Crippen molar-refractivity contribution < 1.29 is 0 Å². The minimum absolute atomic E-state index is 0. The Bertz CT molecular complexity index is 470. The van der Waals surface area contributed by atoms with E-state index in [9.17, 15) is 0 Å². The van der Waals surface area contributed by atoms with Crippen LogP contribution in [0.15, 0.2) is 30.0 Å². The van der Waals surface area contributed by atoms with Crippen LogP contribution in [0.3, 0.4) is 0 Å². The molecule has 0 amide bonds. The van der Waals surface area contributed by atoms with Gasteiger partial charge < -0.3 is 4.90 Å². The molecule has 1 aromatic carbocycles. The lowest BCUT2D eigenvalue weighted by molar-refractivity contribution is 0.221. The monoisotopic (exact) mass is 311 g/mol. The van der Waals surface area contributed by atoms with Gasteiger partial charge >= 0.3 is 0 Å². The molecule has 2 bridgehead atoms. The molecule has 20 heavy (non-hydrogen) atoms. The average Bonchev–Trinajstić information content (AvgIpc) is 2.47. The Morgan fingerprint density at radius 2 is 1.80 bits per heavy atom. The maximum atomic E-state index is 6.02. The summed E-state index contributed by atoms with van der Waals surface area (Å²) in [5.41, 5.74) is 4.62. The van der Waals surface area contributed by atoms with Gasteiger partial charge in [-0.1, -0.05) is 37.1 Å². The highest BCUT2D eigenvalue weighted by Gasteiger charge is 2.32. The van der Waals surface area contributed by atoms with E-state index < -0.39 is 0 Å². The summed E-state index contributed by atoms with van der Waals surface area (Å²) < 4.78 is 0. The summed E-state index contributed by atoms with van der Waals surface area (Å²) in [5, 5.41) is 0.834. The molecule has 4 rings (SSSR count). The van der Waals surface area contributed by atoms with Crippen molar-refractivity contribution in [3.05, 3.63) is 40.5 Å². The summed E-state index contributed by atoms with van der Waals surface area (Å²) in [6.07, 6.45) is 6.47. The van der Waals surface area contributed by atoms with Gasteiger partial charge in [0.15, 0.2) is 0 Å². The molecule has 3 aliphatic rings. The fraction of sp³-hybridized carbons (Fsp3) is 0.529. The predicted molar refractivity (Wildman–Crippen MR) is 89.4 cm³/mol. The number of piperidine rings is 1. The lowest BCUT2D eigenvalue weighted by Gasteiger charge is -2.44. The topological polar surface area (TPSA) is 3.24 Å². The van der Waals surface area contributed by atoms with E-state index in [-0.39, 0.29) is 12.4 Å². The van der Waals surface area contributed by atoms with Gasteiger partial charge in [-0.05, 0) is 54.9 Å². The summed E-state index contributed by atoms with van der Waals surface area (Å²) >= 11 is 6.02. The van der Waals surface area contributed by atoms with Crippen molar-refractivity contribution in [2.75, 3.05) is 13.1 Å². The normalized spacial score (nSPS) is 18.4. The van der Waals surface area contributed by atoms with Crippen LogP contribution in [-0.4, -0.2) is 18.0 Å².